The molecule has 0 aromatic heterocycles. The normalized spacial score (nSPS) is 17.1. The molecule has 0 saturated heterocycles. The van der Waals surface area contributed by atoms with Gasteiger partial charge in [0.25, 0.3) is 5.91 Å². The maximum Gasteiger partial charge on any atom is 0.350 e. The zero-order valence-corrected chi connectivity index (χ0v) is 5.15. The molecule has 5 nitrogen and oxygen atoms in total. The standard InChI is InChI=1S/C5H6N2O3/c8-2-1-7-4(9)3-6-5(7)10/h3,8H,1-2H2. The summed E-state index contributed by atoms with van der Waals surface area (Å²) in [5.74, 6) is -0.459. The first-order valence-electron chi connectivity index (χ1n) is 2.76. The van der Waals surface area contributed by atoms with Crippen molar-refractivity contribution in [1.29, 1.82) is 0 Å². The minimum Gasteiger partial charge on any atom is -0.395 e. The number of aliphatic hydroxyl groups excluding tert-OH is 1. The van der Waals surface area contributed by atoms with Crippen molar-refractivity contribution in [2.75, 3.05) is 13.2 Å². The lowest BCUT2D eigenvalue weighted by atomic mass is 10.5. The minimum atomic E-state index is -0.598. The van der Waals surface area contributed by atoms with Crippen LogP contribution in [0.15, 0.2) is 4.99 Å². The van der Waals surface area contributed by atoms with E-state index >= 15 is 0 Å². The lowest BCUT2D eigenvalue weighted by Gasteiger charge is -2.07. The lowest BCUT2D eigenvalue weighted by Crippen LogP contribution is -2.32. The smallest absolute Gasteiger partial charge is 0.350 e. The van der Waals surface area contributed by atoms with Gasteiger partial charge in [0, 0.05) is 0 Å². The van der Waals surface area contributed by atoms with Gasteiger partial charge in [-0.05, 0) is 0 Å². The molecule has 1 heterocycles. The van der Waals surface area contributed by atoms with E-state index in [0.29, 0.717) is 0 Å². The van der Waals surface area contributed by atoms with Crippen molar-refractivity contribution in [1.82, 2.24) is 4.90 Å². The molecule has 5 heteroatoms. The largest absolute Gasteiger partial charge is 0.395 e. The van der Waals surface area contributed by atoms with Crippen LogP contribution in [0.3, 0.4) is 0 Å². The molecule has 1 aliphatic rings. The fourth-order valence-corrected chi connectivity index (χ4v) is 0.650. The third kappa shape index (κ3) is 1.03. The maximum absolute atomic E-state index is 10.6. The van der Waals surface area contributed by atoms with E-state index in [0.717, 1.165) is 11.1 Å². The zero-order valence-electron chi connectivity index (χ0n) is 5.15. The highest BCUT2D eigenvalue weighted by Crippen LogP contribution is 1.98. The second-order valence-electron chi connectivity index (χ2n) is 1.75. The Morgan fingerprint density at radius 2 is 2.30 bits per heavy atom. The van der Waals surface area contributed by atoms with Gasteiger partial charge in [-0.1, -0.05) is 0 Å². The van der Waals surface area contributed by atoms with Gasteiger partial charge in [-0.3, -0.25) is 9.69 Å². The van der Waals surface area contributed by atoms with E-state index in [2.05, 4.69) is 4.99 Å². The molecule has 1 N–H and O–H groups in total. The molecule has 0 atom stereocenters. The van der Waals surface area contributed by atoms with E-state index in [-0.39, 0.29) is 13.2 Å². The van der Waals surface area contributed by atoms with E-state index in [1.165, 1.54) is 0 Å². The highest BCUT2D eigenvalue weighted by atomic mass is 16.3. The van der Waals surface area contributed by atoms with E-state index < -0.39 is 11.9 Å². The molecule has 0 aromatic rings. The highest BCUT2D eigenvalue weighted by Gasteiger charge is 2.23. The number of urea groups is 1. The summed E-state index contributed by atoms with van der Waals surface area (Å²) in [4.78, 5) is 25.3. The maximum atomic E-state index is 10.6. The number of amides is 3. The number of hydrogen-bond donors (Lipinski definition) is 1. The van der Waals surface area contributed by atoms with E-state index in [9.17, 15) is 9.59 Å². The summed E-state index contributed by atoms with van der Waals surface area (Å²) in [7, 11) is 0. The minimum absolute atomic E-state index is 0.0255. The van der Waals surface area contributed by atoms with Gasteiger partial charge in [0.2, 0.25) is 0 Å². The van der Waals surface area contributed by atoms with Crippen LogP contribution in [0.2, 0.25) is 0 Å². The molecule has 0 fully saturated rings. The molecule has 0 spiro atoms. The third-order valence-electron chi connectivity index (χ3n) is 1.11. The fraction of sp³-hybridized carbons (Fsp3) is 0.400. The number of β-amino-alcohol motifs (C(OH)–C–C–N with tert-alkyl or cyclic N) is 1. The number of carbonyl (C=O) groups is 2. The second-order valence-corrected chi connectivity index (χ2v) is 1.75. The Labute approximate surface area is 57.0 Å². The van der Waals surface area contributed by atoms with E-state index in [1.807, 2.05) is 0 Å². The van der Waals surface area contributed by atoms with Crippen molar-refractivity contribution in [2.24, 2.45) is 4.99 Å². The van der Waals surface area contributed by atoms with Crippen LogP contribution >= 0.6 is 0 Å². The quantitative estimate of drug-likeness (QED) is 0.538. The van der Waals surface area contributed by atoms with Gasteiger partial charge in [0.1, 0.15) is 0 Å². The Bertz CT molecular complexity index is 181. The van der Waals surface area contributed by atoms with Crippen molar-refractivity contribution in [3.8, 4) is 0 Å². The first-order valence-corrected chi connectivity index (χ1v) is 2.76. The topological polar surface area (TPSA) is 70.0 Å². The highest BCUT2D eigenvalue weighted by molar-refractivity contribution is 6.35. The molecule has 1 rings (SSSR count). The lowest BCUT2D eigenvalue weighted by molar-refractivity contribution is -0.120. The van der Waals surface area contributed by atoms with E-state index in [1.54, 1.807) is 0 Å². The molecule has 0 saturated carbocycles. The first kappa shape index (κ1) is 6.88. The molecule has 0 aromatic carbocycles. The number of imide groups is 1. The predicted molar refractivity (Wildman–Crippen MR) is 32.7 cm³/mol. The molecule has 0 unspecified atom stereocenters. The molecule has 0 bridgehead atoms. The van der Waals surface area contributed by atoms with Crippen molar-refractivity contribution >= 4 is 18.2 Å². The van der Waals surface area contributed by atoms with E-state index in [4.69, 9.17) is 5.11 Å². The summed E-state index contributed by atoms with van der Waals surface area (Å²) in [6.45, 7) is -0.196. The van der Waals surface area contributed by atoms with Gasteiger partial charge in [-0.2, -0.15) is 4.99 Å². The second kappa shape index (κ2) is 2.57. The van der Waals surface area contributed by atoms with Gasteiger partial charge in [0.15, 0.2) is 0 Å². The average Bonchev–Trinajstić information content (AvgIpc) is 2.20. The SMILES string of the molecule is O=C1C=NC(=O)N1CCO. The Kier molecular flexibility index (Phi) is 1.77. The van der Waals surface area contributed by atoms with Crippen molar-refractivity contribution in [3.05, 3.63) is 0 Å². The Morgan fingerprint density at radius 1 is 1.60 bits per heavy atom. The molecule has 3 amide bonds. The summed E-state index contributed by atoms with van der Waals surface area (Å²) >= 11 is 0. The monoisotopic (exact) mass is 142 g/mol. The van der Waals surface area contributed by atoms with Crippen molar-refractivity contribution in [3.63, 3.8) is 0 Å². The van der Waals surface area contributed by atoms with Crippen LogP contribution in [0.4, 0.5) is 4.79 Å². The molecule has 54 valence electrons. The van der Waals surface area contributed by atoms with Crippen LogP contribution in [0.5, 0.6) is 0 Å². The van der Waals surface area contributed by atoms with Crippen LogP contribution in [0.25, 0.3) is 0 Å². The predicted octanol–water partition coefficient (Wildman–Crippen LogP) is -0.988. The molecule has 10 heavy (non-hydrogen) atoms. The molecular weight excluding hydrogens is 136 g/mol. The van der Waals surface area contributed by atoms with Crippen LogP contribution in [-0.2, 0) is 4.79 Å². The zero-order chi connectivity index (χ0) is 7.56. The number of hydrogen-bond acceptors (Lipinski definition) is 3. The molecule has 1 aliphatic heterocycles. The number of nitrogens with zero attached hydrogens (tertiary/aromatic N) is 2. The van der Waals surface area contributed by atoms with Crippen LogP contribution in [-0.4, -0.2) is 41.3 Å². The van der Waals surface area contributed by atoms with Gasteiger partial charge >= 0.3 is 6.03 Å². The fourth-order valence-electron chi connectivity index (χ4n) is 0.650. The summed E-state index contributed by atoms with van der Waals surface area (Å²) in [6, 6.07) is -0.598. The van der Waals surface area contributed by atoms with Crippen LogP contribution < -0.4 is 0 Å². The molecule has 0 radical (unpaired) electrons. The summed E-state index contributed by atoms with van der Waals surface area (Å²) in [5.41, 5.74) is 0. The third-order valence-corrected chi connectivity index (χ3v) is 1.11. The Balaban J connectivity index is 2.60. The van der Waals surface area contributed by atoms with Gasteiger partial charge in [0.05, 0.1) is 19.4 Å². The Hall–Kier alpha value is -1.23. The van der Waals surface area contributed by atoms with Crippen molar-refractivity contribution < 1.29 is 14.7 Å². The van der Waals surface area contributed by atoms with Crippen LogP contribution in [0, 0.1) is 0 Å². The number of aliphatic imine (C=N–C) groups is 1. The Morgan fingerprint density at radius 3 is 2.70 bits per heavy atom. The average molecular weight is 142 g/mol. The van der Waals surface area contributed by atoms with Gasteiger partial charge < -0.3 is 5.11 Å². The summed E-state index contributed by atoms with van der Waals surface area (Å²) in [6.07, 6.45) is 0.942. The number of carbonyl (C=O) groups excluding carboxylic acids is 2. The van der Waals surface area contributed by atoms with Crippen LogP contribution in [0.1, 0.15) is 0 Å². The van der Waals surface area contributed by atoms with Gasteiger partial charge in [-0.25, -0.2) is 4.79 Å². The summed E-state index contributed by atoms with van der Waals surface area (Å²) < 4.78 is 0. The number of aliphatic hydroxyl groups is 1. The van der Waals surface area contributed by atoms with Gasteiger partial charge in [-0.15, -0.1) is 0 Å². The molecular formula is C5H6N2O3. The van der Waals surface area contributed by atoms with Crippen molar-refractivity contribution in [2.45, 2.75) is 0 Å². The molecule has 0 aliphatic carbocycles. The number of rotatable bonds is 2. The summed E-state index contributed by atoms with van der Waals surface area (Å²) in [5, 5.41) is 8.36. The first-order chi connectivity index (χ1) is 4.75.